The molecule has 2 N–H and O–H groups in total. The zero-order valence-corrected chi connectivity index (χ0v) is 11.3. The average molecular weight is 253 g/mol. The highest BCUT2D eigenvalue weighted by Crippen LogP contribution is 2.33. The number of aliphatic hydroxyl groups excluding tert-OH is 1. The van der Waals surface area contributed by atoms with Crippen molar-refractivity contribution in [1.82, 2.24) is 5.32 Å². The van der Waals surface area contributed by atoms with E-state index in [1.807, 2.05) is 11.3 Å². The van der Waals surface area contributed by atoms with Crippen LogP contribution in [0.25, 0.3) is 0 Å². The van der Waals surface area contributed by atoms with Gasteiger partial charge in [-0.1, -0.05) is 12.8 Å². The monoisotopic (exact) mass is 253 g/mol. The lowest BCUT2D eigenvalue weighted by Gasteiger charge is -2.23. The van der Waals surface area contributed by atoms with Crippen molar-refractivity contribution in [1.29, 1.82) is 0 Å². The molecule has 0 saturated carbocycles. The van der Waals surface area contributed by atoms with E-state index in [9.17, 15) is 0 Å². The Labute approximate surface area is 108 Å². The Kier molecular flexibility index (Phi) is 5.49. The predicted molar refractivity (Wildman–Crippen MR) is 73.6 cm³/mol. The molecule has 1 unspecified atom stereocenters. The number of nitrogens with one attached hydrogen (secondary N) is 1. The molecule has 0 amide bonds. The number of thiophene rings is 1. The van der Waals surface area contributed by atoms with Crippen molar-refractivity contribution in [3.05, 3.63) is 21.9 Å². The van der Waals surface area contributed by atoms with Crippen LogP contribution in [0.4, 0.5) is 0 Å². The van der Waals surface area contributed by atoms with E-state index in [2.05, 4.69) is 16.8 Å². The SMILES string of the molecule is OCCCCCCNC1CCCc2sccc21. The van der Waals surface area contributed by atoms with Gasteiger partial charge in [0.15, 0.2) is 0 Å². The molecule has 0 bridgehead atoms. The van der Waals surface area contributed by atoms with Crippen molar-refractivity contribution in [3.63, 3.8) is 0 Å². The molecule has 0 spiro atoms. The lowest BCUT2D eigenvalue weighted by Crippen LogP contribution is -2.25. The van der Waals surface area contributed by atoms with Crippen LogP contribution in [0.5, 0.6) is 0 Å². The van der Waals surface area contributed by atoms with Crippen LogP contribution < -0.4 is 5.32 Å². The Bertz CT molecular complexity index is 324. The minimum atomic E-state index is 0.342. The Morgan fingerprint density at radius 3 is 3.06 bits per heavy atom. The molecular weight excluding hydrogens is 230 g/mol. The number of unbranched alkanes of at least 4 members (excludes halogenated alkanes) is 3. The third kappa shape index (κ3) is 3.80. The minimum absolute atomic E-state index is 0.342. The van der Waals surface area contributed by atoms with Gasteiger partial charge in [-0.3, -0.25) is 0 Å². The number of aliphatic hydroxyl groups is 1. The van der Waals surface area contributed by atoms with Gasteiger partial charge >= 0.3 is 0 Å². The van der Waals surface area contributed by atoms with Gasteiger partial charge in [0.05, 0.1) is 0 Å². The van der Waals surface area contributed by atoms with Gasteiger partial charge in [-0.25, -0.2) is 0 Å². The number of aryl methyl sites for hydroxylation is 1. The molecule has 0 radical (unpaired) electrons. The van der Waals surface area contributed by atoms with Gasteiger partial charge < -0.3 is 10.4 Å². The molecule has 1 aliphatic rings. The highest BCUT2D eigenvalue weighted by atomic mass is 32.1. The summed E-state index contributed by atoms with van der Waals surface area (Å²) in [5, 5.41) is 14.6. The summed E-state index contributed by atoms with van der Waals surface area (Å²) in [4.78, 5) is 1.59. The first-order valence-electron chi connectivity index (χ1n) is 6.82. The van der Waals surface area contributed by atoms with Crippen molar-refractivity contribution >= 4 is 11.3 Å². The van der Waals surface area contributed by atoms with Crippen LogP contribution in [0.1, 0.15) is 55.0 Å². The third-order valence-electron chi connectivity index (χ3n) is 3.53. The number of rotatable bonds is 7. The van der Waals surface area contributed by atoms with Crippen LogP contribution in [0.15, 0.2) is 11.4 Å². The fraction of sp³-hybridized carbons (Fsp3) is 0.714. The molecule has 0 fully saturated rings. The number of hydrogen-bond acceptors (Lipinski definition) is 3. The molecule has 2 nitrogen and oxygen atoms in total. The molecule has 0 aromatic carbocycles. The second-order valence-electron chi connectivity index (χ2n) is 4.84. The van der Waals surface area contributed by atoms with Crippen LogP contribution >= 0.6 is 11.3 Å². The van der Waals surface area contributed by atoms with Gasteiger partial charge in [0.1, 0.15) is 0 Å². The van der Waals surface area contributed by atoms with Gasteiger partial charge in [-0.05, 0) is 55.7 Å². The topological polar surface area (TPSA) is 32.3 Å². The van der Waals surface area contributed by atoms with E-state index in [4.69, 9.17) is 5.11 Å². The summed E-state index contributed by atoms with van der Waals surface area (Å²) in [7, 11) is 0. The maximum absolute atomic E-state index is 8.70. The average Bonchev–Trinajstić information content (AvgIpc) is 2.82. The van der Waals surface area contributed by atoms with Crippen LogP contribution in [0.2, 0.25) is 0 Å². The third-order valence-corrected chi connectivity index (χ3v) is 4.52. The second kappa shape index (κ2) is 7.14. The van der Waals surface area contributed by atoms with E-state index in [1.165, 1.54) is 32.1 Å². The summed E-state index contributed by atoms with van der Waals surface area (Å²) in [6.45, 7) is 1.46. The van der Waals surface area contributed by atoms with Gasteiger partial charge in [0.25, 0.3) is 0 Å². The molecule has 3 heteroatoms. The zero-order chi connectivity index (χ0) is 11.9. The molecule has 96 valence electrons. The Hall–Kier alpha value is -0.380. The van der Waals surface area contributed by atoms with Gasteiger partial charge in [-0.15, -0.1) is 11.3 Å². The van der Waals surface area contributed by atoms with E-state index in [0.29, 0.717) is 12.6 Å². The van der Waals surface area contributed by atoms with E-state index in [1.54, 1.807) is 10.4 Å². The van der Waals surface area contributed by atoms with Crippen molar-refractivity contribution in [2.24, 2.45) is 0 Å². The molecule has 0 saturated heterocycles. The smallest absolute Gasteiger partial charge is 0.0431 e. The summed E-state index contributed by atoms with van der Waals surface area (Å²) in [5.41, 5.74) is 1.55. The molecule has 1 aliphatic carbocycles. The molecule has 1 aromatic heterocycles. The Morgan fingerprint density at radius 1 is 1.29 bits per heavy atom. The molecule has 2 rings (SSSR count). The molecule has 1 atom stereocenters. The highest BCUT2D eigenvalue weighted by Gasteiger charge is 2.19. The normalized spacial score (nSPS) is 19.2. The minimum Gasteiger partial charge on any atom is -0.396 e. The van der Waals surface area contributed by atoms with Crippen LogP contribution in [0.3, 0.4) is 0 Å². The van der Waals surface area contributed by atoms with E-state index < -0.39 is 0 Å². The van der Waals surface area contributed by atoms with Crippen LogP contribution in [-0.4, -0.2) is 18.3 Å². The maximum atomic E-state index is 8.70. The summed E-state index contributed by atoms with van der Waals surface area (Å²) in [6, 6.07) is 2.89. The first-order valence-corrected chi connectivity index (χ1v) is 7.70. The lowest BCUT2D eigenvalue weighted by molar-refractivity contribution is 0.282. The molecule has 0 aliphatic heterocycles. The second-order valence-corrected chi connectivity index (χ2v) is 5.84. The van der Waals surface area contributed by atoms with E-state index in [-0.39, 0.29) is 0 Å². The standard InChI is InChI=1S/C14H23NOS/c16-10-4-2-1-3-9-15-13-6-5-7-14-12(13)8-11-17-14/h8,11,13,15-16H,1-7,9-10H2. The lowest BCUT2D eigenvalue weighted by atomic mass is 9.94. The van der Waals surface area contributed by atoms with Crippen LogP contribution in [-0.2, 0) is 6.42 Å². The fourth-order valence-corrected chi connectivity index (χ4v) is 3.55. The van der Waals surface area contributed by atoms with Gasteiger partial charge in [-0.2, -0.15) is 0 Å². The zero-order valence-electron chi connectivity index (χ0n) is 10.5. The highest BCUT2D eigenvalue weighted by molar-refractivity contribution is 7.10. The summed E-state index contributed by atoms with van der Waals surface area (Å²) >= 11 is 1.91. The first kappa shape index (κ1) is 13.1. The van der Waals surface area contributed by atoms with Crippen molar-refractivity contribution < 1.29 is 5.11 Å². The Balaban J connectivity index is 1.67. The van der Waals surface area contributed by atoms with Crippen molar-refractivity contribution in [2.45, 2.75) is 51.0 Å². The van der Waals surface area contributed by atoms with Gasteiger partial charge in [0.2, 0.25) is 0 Å². The molecule has 17 heavy (non-hydrogen) atoms. The Morgan fingerprint density at radius 2 is 2.18 bits per heavy atom. The summed E-state index contributed by atoms with van der Waals surface area (Å²) in [6.07, 6.45) is 8.48. The fourth-order valence-electron chi connectivity index (χ4n) is 2.57. The number of hydrogen-bond donors (Lipinski definition) is 2. The van der Waals surface area contributed by atoms with Crippen molar-refractivity contribution in [3.8, 4) is 0 Å². The molecule has 1 heterocycles. The largest absolute Gasteiger partial charge is 0.396 e. The molecule has 1 aromatic rings. The van der Waals surface area contributed by atoms with E-state index >= 15 is 0 Å². The molecular formula is C14H23NOS. The van der Waals surface area contributed by atoms with Crippen molar-refractivity contribution in [2.75, 3.05) is 13.2 Å². The van der Waals surface area contributed by atoms with Crippen LogP contribution in [0, 0.1) is 0 Å². The first-order chi connectivity index (χ1) is 8.42. The van der Waals surface area contributed by atoms with E-state index in [0.717, 1.165) is 19.4 Å². The quantitative estimate of drug-likeness (QED) is 0.731. The summed E-state index contributed by atoms with van der Waals surface area (Å²) < 4.78 is 0. The summed E-state index contributed by atoms with van der Waals surface area (Å²) in [5.74, 6) is 0. The van der Waals surface area contributed by atoms with Gasteiger partial charge in [0, 0.05) is 17.5 Å². The maximum Gasteiger partial charge on any atom is 0.0431 e. The predicted octanol–water partition coefficient (Wildman–Crippen LogP) is 3.27. The number of fused-ring (bicyclic) bond motifs is 1.